The molecule has 0 amide bonds. The summed E-state index contributed by atoms with van der Waals surface area (Å²) in [6, 6.07) is 0. The highest BCUT2D eigenvalue weighted by atomic mass is 127. The number of hydrogen-bond donors (Lipinski definition) is 1. The maximum Gasteiger partial charge on any atom is 0.171 e. The molecule has 0 spiro atoms. The first-order chi connectivity index (χ1) is 6.96. The lowest BCUT2D eigenvalue weighted by Gasteiger charge is -2.31. The highest BCUT2D eigenvalue weighted by molar-refractivity contribution is 14.1. The summed E-state index contributed by atoms with van der Waals surface area (Å²) in [5.74, 6) is 0.297. The molecule has 1 rings (SSSR count). The summed E-state index contributed by atoms with van der Waals surface area (Å²) in [6.45, 7) is 7.49. The van der Waals surface area contributed by atoms with E-state index in [-0.39, 0.29) is 5.41 Å². The van der Waals surface area contributed by atoms with Crippen molar-refractivity contribution in [3.63, 3.8) is 0 Å². The zero-order valence-electron chi connectivity index (χ0n) is 9.82. The standard InChI is InChI=1S/C12H20INO/c1-4-5-6-14-9-7-12(2,3)8-10(15)11(9)13/h14H,4-8H2,1-3H3. The molecule has 2 nitrogen and oxygen atoms in total. The molecule has 3 heteroatoms. The van der Waals surface area contributed by atoms with Gasteiger partial charge in [-0.1, -0.05) is 27.2 Å². The zero-order chi connectivity index (χ0) is 11.5. The molecule has 0 saturated carbocycles. The topological polar surface area (TPSA) is 29.1 Å². The smallest absolute Gasteiger partial charge is 0.171 e. The summed E-state index contributed by atoms with van der Waals surface area (Å²) < 4.78 is 0.919. The molecular weight excluding hydrogens is 301 g/mol. The van der Waals surface area contributed by atoms with E-state index in [0.29, 0.717) is 12.2 Å². The van der Waals surface area contributed by atoms with Gasteiger partial charge in [0.1, 0.15) is 0 Å². The molecule has 0 atom stereocenters. The average molecular weight is 321 g/mol. The summed E-state index contributed by atoms with van der Waals surface area (Å²) in [6.07, 6.45) is 4.04. The van der Waals surface area contributed by atoms with Crippen LogP contribution in [0.25, 0.3) is 0 Å². The average Bonchev–Trinajstić information content (AvgIpc) is 2.12. The molecule has 0 aromatic heterocycles. The first kappa shape index (κ1) is 13.0. The second-order valence-corrected chi connectivity index (χ2v) is 6.09. The Balaban J connectivity index is 2.66. The first-order valence-corrected chi connectivity index (χ1v) is 6.70. The van der Waals surface area contributed by atoms with Crippen LogP contribution < -0.4 is 5.32 Å². The predicted octanol–water partition coefficient (Wildman–Crippen LogP) is 3.41. The van der Waals surface area contributed by atoms with Gasteiger partial charge in [-0.15, -0.1) is 0 Å². The van der Waals surface area contributed by atoms with Gasteiger partial charge in [0, 0.05) is 18.7 Å². The summed E-state index contributed by atoms with van der Waals surface area (Å²) in [7, 11) is 0. The number of carbonyl (C=O) groups is 1. The lowest BCUT2D eigenvalue weighted by atomic mass is 9.79. The van der Waals surface area contributed by atoms with E-state index in [1.807, 2.05) is 0 Å². The monoisotopic (exact) mass is 321 g/mol. The highest BCUT2D eigenvalue weighted by Crippen LogP contribution is 2.37. The van der Waals surface area contributed by atoms with Crippen molar-refractivity contribution in [3.05, 3.63) is 9.28 Å². The number of Topliss-reactive ketones (excluding diaryl/α,β-unsaturated/α-hetero) is 1. The molecule has 0 heterocycles. The van der Waals surface area contributed by atoms with Crippen LogP contribution in [0.5, 0.6) is 0 Å². The maximum atomic E-state index is 11.7. The molecule has 0 saturated heterocycles. The molecule has 1 N–H and O–H groups in total. The van der Waals surface area contributed by atoms with Gasteiger partial charge in [0.15, 0.2) is 5.78 Å². The van der Waals surface area contributed by atoms with Crippen LogP contribution in [0, 0.1) is 5.41 Å². The fourth-order valence-corrected chi connectivity index (χ4v) is 2.43. The maximum absolute atomic E-state index is 11.7. The quantitative estimate of drug-likeness (QED) is 0.635. The van der Waals surface area contributed by atoms with Crippen LogP contribution in [0.2, 0.25) is 0 Å². The van der Waals surface area contributed by atoms with Crippen LogP contribution in [-0.4, -0.2) is 12.3 Å². The minimum Gasteiger partial charge on any atom is -0.387 e. The van der Waals surface area contributed by atoms with Gasteiger partial charge < -0.3 is 5.32 Å². The van der Waals surface area contributed by atoms with Gasteiger partial charge in [0.25, 0.3) is 0 Å². The van der Waals surface area contributed by atoms with Crippen LogP contribution >= 0.6 is 22.6 Å². The summed E-state index contributed by atoms with van der Waals surface area (Å²) >= 11 is 2.18. The molecule has 0 aromatic rings. The Morgan fingerprint density at radius 3 is 2.67 bits per heavy atom. The van der Waals surface area contributed by atoms with Gasteiger partial charge in [-0.2, -0.15) is 0 Å². The van der Waals surface area contributed by atoms with Gasteiger partial charge in [-0.25, -0.2) is 0 Å². The fourth-order valence-electron chi connectivity index (χ4n) is 1.86. The third-order valence-corrected chi connectivity index (χ3v) is 3.93. The van der Waals surface area contributed by atoms with Crippen molar-refractivity contribution >= 4 is 28.4 Å². The van der Waals surface area contributed by atoms with Crippen molar-refractivity contribution < 1.29 is 4.79 Å². The summed E-state index contributed by atoms with van der Waals surface area (Å²) in [5, 5.41) is 3.41. The molecule has 0 aromatic carbocycles. The molecule has 86 valence electrons. The first-order valence-electron chi connectivity index (χ1n) is 5.62. The van der Waals surface area contributed by atoms with Crippen molar-refractivity contribution in [1.29, 1.82) is 0 Å². The number of ketones is 1. The third kappa shape index (κ3) is 3.78. The number of nitrogens with one attached hydrogen (secondary N) is 1. The van der Waals surface area contributed by atoms with Gasteiger partial charge in [-0.3, -0.25) is 4.79 Å². The van der Waals surface area contributed by atoms with Crippen LogP contribution in [0.1, 0.15) is 46.5 Å². The van der Waals surface area contributed by atoms with Gasteiger partial charge in [-0.05, 0) is 40.8 Å². The van der Waals surface area contributed by atoms with E-state index < -0.39 is 0 Å². The van der Waals surface area contributed by atoms with Crippen LogP contribution in [0.4, 0.5) is 0 Å². The summed E-state index contributed by atoms with van der Waals surface area (Å²) in [5.41, 5.74) is 1.28. The van der Waals surface area contributed by atoms with E-state index in [1.54, 1.807) is 0 Å². The van der Waals surface area contributed by atoms with Crippen LogP contribution in [-0.2, 0) is 4.79 Å². The largest absolute Gasteiger partial charge is 0.387 e. The molecule has 15 heavy (non-hydrogen) atoms. The number of carbonyl (C=O) groups excluding carboxylic acids is 1. The second-order valence-electron chi connectivity index (χ2n) is 5.01. The Bertz CT molecular complexity index is 281. The second kappa shape index (κ2) is 5.32. The van der Waals surface area contributed by atoms with Crippen molar-refractivity contribution in [2.45, 2.75) is 46.5 Å². The van der Waals surface area contributed by atoms with Gasteiger partial charge in [0.05, 0.1) is 3.58 Å². The van der Waals surface area contributed by atoms with E-state index in [0.717, 1.165) is 22.2 Å². The van der Waals surface area contributed by atoms with E-state index in [1.165, 1.54) is 12.8 Å². The molecule has 0 unspecified atom stereocenters. The number of halogens is 1. The Morgan fingerprint density at radius 2 is 2.07 bits per heavy atom. The Hall–Kier alpha value is -0.0600. The van der Waals surface area contributed by atoms with Crippen molar-refractivity contribution in [3.8, 4) is 0 Å². The lowest BCUT2D eigenvalue weighted by molar-refractivity contribution is -0.117. The Labute approximate surface area is 106 Å². The third-order valence-electron chi connectivity index (χ3n) is 2.67. The molecule has 0 bridgehead atoms. The Morgan fingerprint density at radius 1 is 1.40 bits per heavy atom. The normalized spacial score (nSPS) is 20.7. The molecule has 0 radical (unpaired) electrons. The predicted molar refractivity (Wildman–Crippen MR) is 72.0 cm³/mol. The Kier molecular flexibility index (Phi) is 4.62. The van der Waals surface area contributed by atoms with Gasteiger partial charge >= 0.3 is 0 Å². The number of unbranched alkanes of at least 4 members (excludes halogenated alkanes) is 1. The van der Waals surface area contributed by atoms with Crippen molar-refractivity contribution in [1.82, 2.24) is 5.32 Å². The lowest BCUT2D eigenvalue weighted by Crippen LogP contribution is -2.30. The van der Waals surface area contributed by atoms with Gasteiger partial charge in [0.2, 0.25) is 0 Å². The minimum absolute atomic E-state index is 0.125. The van der Waals surface area contributed by atoms with E-state index >= 15 is 0 Å². The highest BCUT2D eigenvalue weighted by Gasteiger charge is 2.31. The number of hydrogen-bond acceptors (Lipinski definition) is 2. The van der Waals surface area contributed by atoms with Crippen LogP contribution in [0.15, 0.2) is 9.28 Å². The molecular formula is C12H20INO. The minimum atomic E-state index is 0.125. The molecule has 0 fully saturated rings. The fraction of sp³-hybridized carbons (Fsp3) is 0.750. The van der Waals surface area contributed by atoms with Crippen molar-refractivity contribution in [2.24, 2.45) is 5.41 Å². The SMILES string of the molecule is CCCCNC1=C(I)C(=O)CC(C)(C)C1. The summed E-state index contributed by atoms with van der Waals surface area (Å²) in [4.78, 5) is 11.7. The molecule has 0 aliphatic heterocycles. The molecule has 1 aliphatic carbocycles. The number of rotatable bonds is 4. The zero-order valence-corrected chi connectivity index (χ0v) is 12.0. The van der Waals surface area contributed by atoms with E-state index in [9.17, 15) is 4.79 Å². The van der Waals surface area contributed by atoms with E-state index in [2.05, 4.69) is 48.7 Å². The van der Waals surface area contributed by atoms with Crippen LogP contribution in [0.3, 0.4) is 0 Å². The molecule has 1 aliphatic rings. The van der Waals surface area contributed by atoms with E-state index in [4.69, 9.17) is 0 Å². The number of allylic oxidation sites excluding steroid dienone is 2. The van der Waals surface area contributed by atoms with Crippen molar-refractivity contribution in [2.75, 3.05) is 6.54 Å².